The van der Waals surface area contributed by atoms with Crippen LogP contribution in [0.25, 0.3) is 11.5 Å². The van der Waals surface area contributed by atoms with E-state index in [1.807, 2.05) is 0 Å². The molecule has 0 radical (unpaired) electrons. The van der Waals surface area contributed by atoms with Crippen LogP contribution in [0.2, 0.25) is 0 Å². The Morgan fingerprint density at radius 1 is 0.971 bits per heavy atom. The number of aromatic nitrogens is 4. The van der Waals surface area contributed by atoms with E-state index in [4.69, 9.17) is 0 Å². The van der Waals surface area contributed by atoms with E-state index in [1.54, 1.807) is 24.7 Å². The SMILES string of the molecule is CC1CN(CCC(=O)c2cn[nH]c2-c2ncccn2)CCN1C(c1ccccc1)c1ccccc1. The van der Waals surface area contributed by atoms with Crippen LogP contribution in [0.3, 0.4) is 0 Å². The smallest absolute Gasteiger partial charge is 0.178 e. The summed E-state index contributed by atoms with van der Waals surface area (Å²) >= 11 is 0. The average molecular weight is 467 g/mol. The monoisotopic (exact) mass is 466 g/mol. The second-order valence-electron chi connectivity index (χ2n) is 9.02. The van der Waals surface area contributed by atoms with Crippen molar-refractivity contribution in [1.82, 2.24) is 30.0 Å². The van der Waals surface area contributed by atoms with E-state index >= 15 is 0 Å². The second kappa shape index (κ2) is 10.7. The number of nitrogens with zero attached hydrogens (tertiary/aromatic N) is 5. The largest absolute Gasteiger partial charge is 0.300 e. The molecule has 178 valence electrons. The second-order valence-corrected chi connectivity index (χ2v) is 9.02. The van der Waals surface area contributed by atoms with Crippen molar-refractivity contribution in [3.63, 3.8) is 0 Å². The lowest BCUT2D eigenvalue weighted by Crippen LogP contribution is -2.53. The van der Waals surface area contributed by atoms with Gasteiger partial charge in [0.05, 0.1) is 17.8 Å². The number of aromatic amines is 1. The van der Waals surface area contributed by atoms with Gasteiger partial charge in [-0.25, -0.2) is 9.97 Å². The van der Waals surface area contributed by atoms with Crippen LogP contribution in [-0.2, 0) is 0 Å². The zero-order chi connectivity index (χ0) is 24.0. The van der Waals surface area contributed by atoms with E-state index in [9.17, 15) is 4.79 Å². The van der Waals surface area contributed by atoms with Gasteiger partial charge in [-0.1, -0.05) is 60.7 Å². The summed E-state index contributed by atoms with van der Waals surface area (Å²) in [7, 11) is 0. The molecule has 1 fully saturated rings. The van der Waals surface area contributed by atoms with Crippen LogP contribution < -0.4 is 0 Å². The molecule has 0 aliphatic carbocycles. The summed E-state index contributed by atoms with van der Waals surface area (Å²) in [5, 5.41) is 6.95. The first-order valence-corrected chi connectivity index (χ1v) is 12.1. The molecule has 0 amide bonds. The maximum Gasteiger partial charge on any atom is 0.178 e. The number of piperazine rings is 1. The van der Waals surface area contributed by atoms with Crippen LogP contribution in [0.1, 0.15) is 40.9 Å². The maximum absolute atomic E-state index is 13.0. The zero-order valence-electron chi connectivity index (χ0n) is 19.9. The molecule has 0 bridgehead atoms. The fourth-order valence-corrected chi connectivity index (χ4v) is 4.97. The Hall–Kier alpha value is -3.68. The minimum atomic E-state index is 0.0581. The third-order valence-electron chi connectivity index (χ3n) is 6.71. The minimum absolute atomic E-state index is 0.0581. The molecule has 3 heterocycles. The molecule has 0 saturated carbocycles. The standard InChI is InChI=1S/C28H30N6O/c1-21-20-33(16-13-25(35)24-19-31-32-26(24)28-29-14-8-15-30-28)17-18-34(21)27(22-9-4-2-5-10-22)23-11-6-3-7-12-23/h2-12,14-15,19,21,27H,13,16-18,20H2,1H3,(H,31,32). The van der Waals surface area contributed by atoms with E-state index < -0.39 is 0 Å². The van der Waals surface area contributed by atoms with E-state index in [0.29, 0.717) is 29.5 Å². The third-order valence-corrected chi connectivity index (χ3v) is 6.71. The van der Waals surface area contributed by atoms with Crippen molar-refractivity contribution in [3.05, 3.63) is 102 Å². The number of carbonyl (C=O) groups is 1. The quantitative estimate of drug-likeness (QED) is 0.392. The van der Waals surface area contributed by atoms with Gasteiger partial charge in [-0.3, -0.25) is 14.8 Å². The molecular weight excluding hydrogens is 436 g/mol. The molecule has 4 aromatic rings. The summed E-state index contributed by atoms with van der Waals surface area (Å²) < 4.78 is 0. The van der Waals surface area contributed by atoms with Gasteiger partial charge >= 0.3 is 0 Å². The molecule has 2 aromatic heterocycles. The first-order chi connectivity index (χ1) is 17.2. The molecular formula is C28H30N6O. The fourth-order valence-electron chi connectivity index (χ4n) is 4.97. The molecule has 1 N–H and O–H groups in total. The Balaban J connectivity index is 1.24. The van der Waals surface area contributed by atoms with Crippen LogP contribution in [-0.4, -0.2) is 68.0 Å². The summed E-state index contributed by atoms with van der Waals surface area (Å²) in [6, 6.07) is 23.8. The van der Waals surface area contributed by atoms with Gasteiger partial charge in [0.15, 0.2) is 11.6 Å². The van der Waals surface area contributed by atoms with E-state index in [2.05, 4.69) is 97.6 Å². The number of nitrogens with one attached hydrogen (secondary N) is 1. The number of H-pyrrole nitrogens is 1. The van der Waals surface area contributed by atoms with Gasteiger partial charge in [-0.15, -0.1) is 0 Å². The highest BCUT2D eigenvalue weighted by Gasteiger charge is 2.31. The summed E-state index contributed by atoms with van der Waals surface area (Å²) in [6.07, 6.45) is 5.35. The van der Waals surface area contributed by atoms with Crippen molar-refractivity contribution in [3.8, 4) is 11.5 Å². The Morgan fingerprint density at radius 3 is 2.26 bits per heavy atom. The number of hydrogen-bond donors (Lipinski definition) is 1. The van der Waals surface area contributed by atoms with E-state index in [-0.39, 0.29) is 11.8 Å². The van der Waals surface area contributed by atoms with E-state index in [1.165, 1.54) is 11.1 Å². The Kier molecular flexibility index (Phi) is 7.07. The van der Waals surface area contributed by atoms with Gasteiger partial charge < -0.3 is 4.90 Å². The van der Waals surface area contributed by atoms with Crippen LogP contribution >= 0.6 is 0 Å². The zero-order valence-corrected chi connectivity index (χ0v) is 19.9. The summed E-state index contributed by atoms with van der Waals surface area (Å²) in [5.74, 6) is 0.547. The van der Waals surface area contributed by atoms with Crippen molar-refractivity contribution in [2.24, 2.45) is 0 Å². The molecule has 1 atom stereocenters. The molecule has 5 rings (SSSR count). The predicted octanol–water partition coefficient (Wildman–Crippen LogP) is 4.24. The lowest BCUT2D eigenvalue weighted by molar-refractivity contribution is 0.0585. The number of rotatable bonds is 8. The van der Waals surface area contributed by atoms with Crippen molar-refractivity contribution in [2.45, 2.75) is 25.4 Å². The third kappa shape index (κ3) is 5.21. The van der Waals surface area contributed by atoms with E-state index in [0.717, 1.165) is 26.2 Å². The number of benzene rings is 2. The van der Waals surface area contributed by atoms with Gasteiger partial charge in [-0.2, -0.15) is 5.10 Å². The Bertz CT molecular complexity index is 1190. The van der Waals surface area contributed by atoms with Crippen molar-refractivity contribution >= 4 is 5.78 Å². The number of hydrogen-bond acceptors (Lipinski definition) is 6. The summed E-state index contributed by atoms with van der Waals surface area (Å²) in [4.78, 5) is 26.5. The Labute approximate surface area is 205 Å². The molecule has 35 heavy (non-hydrogen) atoms. The lowest BCUT2D eigenvalue weighted by atomic mass is 9.94. The molecule has 2 aromatic carbocycles. The highest BCUT2D eigenvalue weighted by molar-refractivity contribution is 6.00. The number of carbonyl (C=O) groups excluding carboxylic acids is 1. The molecule has 1 aliphatic rings. The molecule has 7 heteroatoms. The summed E-state index contributed by atoms with van der Waals surface area (Å²) in [6.45, 7) is 5.79. The predicted molar refractivity (Wildman–Crippen MR) is 136 cm³/mol. The summed E-state index contributed by atoms with van der Waals surface area (Å²) in [5.41, 5.74) is 3.76. The first-order valence-electron chi connectivity index (χ1n) is 12.1. The maximum atomic E-state index is 13.0. The average Bonchev–Trinajstić information content (AvgIpc) is 3.41. The highest BCUT2D eigenvalue weighted by Crippen LogP contribution is 2.32. The molecule has 0 spiro atoms. The normalized spacial score (nSPS) is 17.0. The molecule has 1 saturated heterocycles. The van der Waals surface area contributed by atoms with Gasteiger partial charge in [0.2, 0.25) is 0 Å². The fraction of sp³-hybridized carbons (Fsp3) is 0.286. The number of ketones is 1. The highest BCUT2D eigenvalue weighted by atomic mass is 16.1. The van der Waals surface area contributed by atoms with Gasteiger partial charge in [0, 0.05) is 51.0 Å². The van der Waals surface area contributed by atoms with Gasteiger partial charge in [-0.05, 0) is 24.1 Å². The van der Waals surface area contributed by atoms with Crippen LogP contribution in [0.4, 0.5) is 0 Å². The first kappa shape index (κ1) is 23.1. The molecule has 7 nitrogen and oxygen atoms in total. The lowest BCUT2D eigenvalue weighted by Gasteiger charge is -2.44. The topological polar surface area (TPSA) is 78.0 Å². The van der Waals surface area contributed by atoms with Crippen LogP contribution in [0, 0.1) is 0 Å². The van der Waals surface area contributed by atoms with Crippen molar-refractivity contribution in [2.75, 3.05) is 26.2 Å². The molecule has 1 aliphatic heterocycles. The Morgan fingerprint density at radius 2 is 1.63 bits per heavy atom. The van der Waals surface area contributed by atoms with Crippen molar-refractivity contribution < 1.29 is 4.79 Å². The van der Waals surface area contributed by atoms with Crippen LogP contribution in [0.5, 0.6) is 0 Å². The van der Waals surface area contributed by atoms with Crippen molar-refractivity contribution in [1.29, 1.82) is 0 Å². The minimum Gasteiger partial charge on any atom is -0.300 e. The van der Waals surface area contributed by atoms with Gasteiger partial charge in [0.1, 0.15) is 5.69 Å². The number of Topliss-reactive ketones (excluding diaryl/α,β-unsaturated/α-hetero) is 1. The van der Waals surface area contributed by atoms with Crippen LogP contribution in [0.15, 0.2) is 85.3 Å². The van der Waals surface area contributed by atoms with Gasteiger partial charge in [0.25, 0.3) is 0 Å². The molecule has 1 unspecified atom stereocenters.